The first kappa shape index (κ1) is 16.7. The van der Waals surface area contributed by atoms with Crippen molar-refractivity contribution in [2.24, 2.45) is 0 Å². The molecule has 1 amide bonds. The SMILES string of the molecule is CC(=O)c1cccc(C[C@H](C)N(Cc2ccccc2)C(=O)O)c1. The Morgan fingerprint density at radius 1 is 1.04 bits per heavy atom. The number of carbonyl (C=O) groups is 2. The van der Waals surface area contributed by atoms with Gasteiger partial charge < -0.3 is 10.0 Å². The van der Waals surface area contributed by atoms with E-state index in [2.05, 4.69) is 0 Å². The summed E-state index contributed by atoms with van der Waals surface area (Å²) >= 11 is 0. The van der Waals surface area contributed by atoms with Crippen LogP contribution in [0.5, 0.6) is 0 Å². The van der Waals surface area contributed by atoms with E-state index in [1.807, 2.05) is 55.5 Å². The molecule has 120 valence electrons. The molecule has 1 N–H and O–H groups in total. The van der Waals surface area contributed by atoms with Crippen LogP contribution >= 0.6 is 0 Å². The van der Waals surface area contributed by atoms with Crippen molar-refractivity contribution in [3.63, 3.8) is 0 Å². The summed E-state index contributed by atoms with van der Waals surface area (Å²) in [5, 5.41) is 9.50. The van der Waals surface area contributed by atoms with Gasteiger partial charge >= 0.3 is 6.09 Å². The fraction of sp³-hybridized carbons (Fsp3) is 0.263. The Hall–Kier alpha value is -2.62. The Morgan fingerprint density at radius 2 is 1.70 bits per heavy atom. The second-order valence-corrected chi connectivity index (χ2v) is 5.71. The number of ketones is 1. The summed E-state index contributed by atoms with van der Waals surface area (Å²) in [6.45, 7) is 3.77. The topological polar surface area (TPSA) is 57.6 Å². The van der Waals surface area contributed by atoms with Gasteiger partial charge in [-0.1, -0.05) is 48.5 Å². The monoisotopic (exact) mass is 311 g/mol. The fourth-order valence-electron chi connectivity index (χ4n) is 2.56. The molecule has 0 aromatic heterocycles. The molecule has 0 bridgehead atoms. The van der Waals surface area contributed by atoms with E-state index in [1.54, 1.807) is 6.07 Å². The zero-order chi connectivity index (χ0) is 16.8. The molecule has 23 heavy (non-hydrogen) atoms. The minimum Gasteiger partial charge on any atom is -0.465 e. The molecule has 0 spiro atoms. The van der Waals surface area contributed by atoms with Crippen LogP contribution < -0.4 is 0 Å². The van der Waals surface area contributed by atoms with Crippen molar-refractivity contribution in [1.82, 2.24) is 4.90 Å². The molecule has 0 aliphatic rings. The first-order chi connectivity index (χ1) is 11.0. The van der Waals surface area contributed by atoms with Crippen LogP contribution in [-0.4, -0.2) is 27.9 Å². The molecule has 1 atom stereocenters. The Bertz CT molecular complexity index is 682. The van der Waals surface area contributed by atoms with E-state index in [4.69, 9.17) is 0 Å². The lowest BCUT2D eigenvalue weighted by Crippen LogP contribution is -2.38. The lowest BCUT2D eigenvalue weighted by atomic mass is 10.0. The van der Waals surface area contributed by atoms with Gasteiger partial charge in [-0.25, -0.2) is 4.79 Å². The molecule has 0 aliphatic carbocycles. The van der Waals surface area contributed by atoms with E-state index in [9.17, 15) is 14.7 Å². The average molecular weight is 311 g/mol. The Morgan fingerprint density at radius 3 is 2.30 bits per heavy atom. The van der Waals surface area contributed by atoms with Crippen LogP contribution in [0.1, 0.15) is 35.3 Å². The molecule has 0 radical (unpaired) electrons. The van der Waals surface area contributed by atoms with Gasteiger partial charge in [0.25, 0.3) is 0 Å². The molecule has 4 nitrogen and oxygen atoms in total. The largest absolute Gasteiger partial charge is 0.465 e. The predicted molar refractivity (Wildman–Crippen MR) is 89.6 cm³/mol. The maximum atomic E-state index is 11.6. The van der Waals surface area contributed by atoms with Crippen molar-refractivity contribution < 1.29 is 14.7 Å². The van der Waals surface area contributed by atoms with Crippen molar-refractivity contribution in [3.05, 3.63) is 71.3 Å². The van der Waals surface area contributed by atoms with Crippen molar-refractivity contribution in [3.8, 4) is 0 Å². The smallest absolute Gasteiger partial charge is 0.407 e. The van der Waals surface area contributed by atoms with E-state index in [1.165, 1.54) is 11.8 Å². The minimum absolute atomic E-state index is 0.0129. The van der Waals surface area contributed by atoms with E-state index < -0.39 is 6.09 Å². The first-order valence-corrected chi connectivity index (χ1v) is 7.60. The number of carboxylic acid groups (broad SMARTS) is 1. The summed E-state index contributed by atoms with van der Waals surface area (Å²) in [6.07, 6.45) is -0.371. The highest BCUT2D eigenvalue weighted by Crippen LogP contribution is 2.15. The molecule has 0 heterocycles. The number of hydrogen-bond acceptors (Lipinski definition) is 2. The number of nitrogens with zero attached hydrogens (tertiary/aromatic N) is 1. The van der Waals surface area contributed by atoms with Gasteiger partial charge in [-0.05, 0) is 37.5 Å². The zero-order valence-electron chi connectivity index (χ0n) is 13.4. The average Bonchev–Trinajstić information content (AvgIpc) is 2.53. The minimum atomic E-state index is -0.941. The highest BCUT2D eigenvalue weighted by Gasteiger charge is 2.20. The van der Waals surface area contributed by atoms with Crippen LogP contribution in [0, 0.1) is 0 Å². The first-order valence-electron chi connectivity index (χ1n) is 7.60. The molecule has 0 saturated heterocycles. The van der Waals surface area contributed by atoms with Gasteiger partial charge in [-0.2, -0.15) is 0 Å². The lowest BCUT2D eigenvalue weighted by molar-refractivity contribution is 0.101. The normalized spacial score (nSPS) is 11.7. The van der Waals surface area contributed by atoms with Crippen LogP contribution in [0.2, 0.25) is 0 Å². The summed E-state index contributed by atoms with van der Waals surface area (Å²) in [5.41, 5.74) is 2.57. The van der Waals surface area contributed by atoms with Crippen LogP contribution in [0.15, 0.2) is 54.6 Å². The number of amides is 1. The lowest BCUT2D eigenvalue weighted by Gasteiger charge is -2.26. The van der Waals surface area contributed by atoms with Crippen molar-refractivity contribution in [1.29, 1.82) is 0 Å². The van der Waals surface area contributed by atoms with Gasteiger partial charge in [-0.15, -0.1) is 0 Å². The third-order valence-corrected chi connectivity index (χ3v) is 3.84. The van der Waals surface area contributed by atoms with Crippen LogP contribution in [0.4, 0.5) is 4.79 Å². The summed E-state index contributed by atoms with van der Waals surface area (Å²) in [7, 11) is 0. The quantitative estimate of drug-likeness (QED) is 0.820. The highest BCUT2D eigenvalue weighted by molar-refractivity contribution is 5.94. The van der Waals surface area contributed by atoms with Gasteiger partial charge in [0.15, 0.2) is 5.78 Å². The van der Waals surface area contributed by atoms with Crippen LogP contribution in [-0.2, 0) is 13.0 Å². The van der Waals surface area contributed by atoms with Gasteiger partial charge in [0, 0.05) is 18.2 Å². The van der Waals surface area contributed by atoms with Crippen molar-refractivity contribution in [2.75, 3.05) is 0 Å². The number of hydrogen-bond donors (Lipinski definition) is 1. The van der Waals surface area contributed by atoms with Gasteiger partial charge in [0.2, 0.25) is 0 Å². The van der Waals surface area contributed by atoms with Gasteiger partial charge in [-0.3, -0.25) is 4.79 Å². The van der Waals surface area contributed by atoms with Crippen molar-refractivity contribution >= 4 is 11.9 Å². The Labute approximate surface area is 136 Å². The molecular weight excluding hydrogens is 290 g/mol. The van der Waals surface area contributed by atoms with E-state index in [0.29, 0.717) is 18.5 Å². The summed E-state index contributed by atoms with van der Waals surface area (Å²) in [6, 6.07) is 16.7. The molecule has 2 rings (SSSR count). The molecular formula is C19H21NO3. The molecule has 4 heteroatoms. The summed E-state index contributed by atoms with van der Waals surface area (Å²) < 4.78 is 0. The van der Waals surface area contributed by atoms with Crippen molar-refractivity contribution in [2.45, 2.75) is 32.9 Å². The molecule has 2 aromatic carbocycles. The number of Topliss-reactive ketones (excluding diaryl/α,β-unsaturated/α-hetero) is 1. The molecule has 0 saturated carbocycles. The second-order valence-electron chi connectivity index (χ2n) is 5.71. The van der Waals surface area contributed by atoms with Crippen LogP contribution in [0.25, 0.3) is 0 Å². The number of benzene rings is 2. The fourth-order valence-corrected chi connectivity index (χ4v) is 2.56. The second kappa shape index (κ2) is 7.58. The maximum Gasteiger partial charge on any atom is 0.407 e. The van der Waals surface area contributed by atoms with E-state index >= 15 is 0 Å². The molecule has 0 aliphatic heterocycles. The Kier molecular flexibility index (Phi) is 5.52. The molecule has 0 unspecified atom stereocenters. The predicted octanol–water partition coefficient (Wildman–Crippen LogP) is 4.00. The van der Waals surface area contributed by atoms with Gasteiger partial charge in [0.05, 0.1) is 0 Å². The summed E-state index contributed by atoms with van der Waals surface area (Å²) in [4.78, 5) is 24.5. The number of carbonyl (C=O) groups excluding carboxylic acids is 1. The zero-order valence-corrected chi connectivity index (χ0v) is 13.4. The van der Waals surface area contributed by atoms with Crippen LogP contribution in [0.3, 0.4) is 0 Å². The standard InChI is InChI=1S/C19H21NO3/c1-14(11-17-9-6-10-18(12-17)15(2)21)20(19(22)23)13-16-7-4-3-5-8-16/h3-10,12,14H,11,13H2,1-2H3,(H,22,23)/t14-/m0/s1. The molecule has 0 fully saturated rings. The highest BCUT2D eigenvalue weighted by atomic mass is 16.4. The van der Waals surface area contributed by atoms with Gasteiger partial charge in [0.1, 0.15) is 0 Å². The third-order valence-electron chi connectivity index (χ3n) is 3.84. The third kappa shape index (κ3) is 4.68. The van der Waals surface area contributed by atoms with E-state index in [-0.39, 0.29) is 11.8 Å². The summed E-state index contributed by atoms with van der Waals surface area (Å²) in [5.74, 6) is 0.0129. The maximum absolute atomic E-state index is 11.6. The van der Waals surface area contributed by atoms with E-state index in [0.717, 1.165) is 11.1 Å². The Balaban J connectivity index is 2.12. The molecule has 2 aromatic rings. The number of rotatable bonds is 6.